The van der Waals surface area contributed by atoms with Gasteiger partial charge in [-0.25, -0.2) is 14.2 Å². The summed E-state index contributed by atoms with van der Waals surface area (Å²) in [5.74, 6) is -0.908. The number of hydrogen-bond acceptors (Lipinski definition) is 3. The highest BCUT2D eigenvalue weighted by molar-refractivity contribution is 5.94. The van der Waals surface area contributed by atoms with Gasteiger partial charge < -0.3 is 10.4 Å². The van der Waals surface area contributed by atoms with Crippen LogP contribution in [0.2, 0.25) is 0 Å². The molecule has 20 heavy (non-hydrogen) atoms. The highest BCUT2D eigenvalue weighted by atomic mass is 19.1. The first-order chi connectivity index (χ1) is 9.58. The lowest BCUT2D eigenvalue weighted by Gasteiger charge is -2.10. The van der Waals surface area contributed by atoms with Gasteiger partial charge in [0, 0.05) is 12.7 Å². The summed E-state index contributed by atoms with van der Waals surface area (Å²) < 4.78 is 12.8. The van der Waals surface area contributed by atoms with Crippen molar-refractivity contribution in [1.29, 1.82) is 0 Å². The fourth-order valence-corrected chi connectivity index (χ4v) is 1.94. The Morgan fingerprint density at radius 3 is 2.65 bits per heavy atom. The van der Waals surface area contributed by atoms with Gasteiger partial charge in [-0.2, -0.15) is 0 Å². The predicted molar refractivity (Wildman–Crippen MR) is 74.5 cm³/mol. The molecule has 0 aliphatic heterocycles. The van der Waals surface area contributed by atoms with E-state index in [0.717, 1.165) is 5.56 Å². The summed E-state index contributed by atoms with van der Waals surface area (Å²) in [5, 5.41) is 12.2. The lowest BCUT2D eigenvalue weighted by molar-refractivity contribution is 0.0697. The van der Waals surface area contributed by atoms with Crippen LogP contribution in [-0.4, -0.2) is 22.6 Å². The number of benzene rings is 1. The minimum atomic E-state index is -1.00. The summed E-state index contributed by atoms with van der Waals surface area (Å²) in [6, 6.07) is 7.89. The van der Waals surface area contributed by atoms with Crippen molar-refractivity contribution in [3.63, 3.8) is 0 Å². The Morgan fingerprint density at radius 2 is 2.00 bits per heavy atom. The number of carboxylic acid groups (broad SMARTS) is 1. The van der Waals surface area contributed by atoms with E-state index in [9.17, 15) is 14.3 Å². The molecule has 0 bridgehead atoms. The summed E-state index contributed by atoms with van der Waals surface area (Å²) in [4.78, 5) is 15.2. The van der Waals surface area contributed by atoms with Crippen molar-refractivity contribution >= 4 is 11.8 Å². The molecule has 1 aromatic heterocycles. The van der Waals surface area contributed by atoms with Crippen LogP contribution >= 0.6 is 0 Å². The van der Waals surface area contributed by atoms with E-state index in [1.54, 1.807) is 31.3 Å². The van der Waals surface area contributed by atoms with Crippen LogP contribution in [0, 0.1) is 12.7 Å². The van der Waals surface area contributed by atoms with Crippen LogP contribution in [0.15, 0.2) is 36.5 Å². The van der Waals surface area contributed by atoms with Crippen molar-refractivity contribution in [2.24, 2.45) is 0 Å². The van der Waals surface area contributed by atoms with Crippen molar-refractivity contribution in [1.82, 2.24) is 4.98 Å². The van der Waals surface area contributed by atoms with E-state index in [-0.39, 0.29) is 11.4 Å². The molecule has 2 N–H and O–H groups in total. The lowest BCUT2D eigenvalue weighted by Crippen LogP contribution is -2.12. The first-order valence-corrected chi connectivity index (χ1v) is 6.25. The number of aromatic carboxylic acids is 1. The van der Waals surface area contributed by atoms with Crippen molar-refractivity contribution in [2.75, 3.05) is 11.9 Å². The van der Waals surface area contributed by atoms with Crippen LogP contribution in [0.1, 0.15) is 21.5 Å². The minimum Gasteiger partial charge on any atom is -0.478 e. The van der Waals surface area contributed by atoms with Crippen LogP contribution in [0.3, 0.4) is 0 Å². The van der Waals surface area contributed by atoms with Crippen molar-refractivity contribution in [3.05, 3.63) is 59.0 Å². The van der Waals surface area contributed by atoms with E-state index < -0.39 is 5.97 Å². The van der Waals surface area contributed by atoms with E-state index in [4.69, 9.17) is 0 Å². The number of rotatable bonds is 5. The number of nitrogens with zero attached hydrogens (tertiary/aromatic N) is 1. The monoisotopic (exact) mass is 274 g/mol. The molecule has 1 aromatic carbocycles. The maximum Gasteiger partial charge on any atom is 0.339 e. The van der Waals surface area contributed by atoms with Gasteiger partial charge in [-0.15, -0.1) is 0 Å². The minimum absolute atomic E-state index is 0.187. The lowest BCUT2D eigenvalue weighted by atomic mass is 10.1. The Balaban J connectivity index is 2.02. The Kier molecular flexibility index (Phi) is 4.30. The number of carboxylic acids is 1. The number of hydrogen-bond donors (Lipinski definition) is 2. The summed E-state index contributed by atoms with van der Waals surface area (Å²) in [5.41, 5.74) is 1.83. The molecule has 0 atom stereocenters. The maximum absolute atomic E-state index is 12.8. The van der Waals surface area contributed by atoms with Gasteiger partial charge in [0.1, 0.15) is 17.2 Å². The number of halogens is 1. The third-order valence-corrected chi connectivity index (χ3v) is 2.99. The molecule has 0 spiro atoms. The smallest absolute Gasteiger partial charge is 0.339 e. The fourth-order valence-electron chi connectivity index (χ4n) is 1.94. The number of carbonyl (C=O) groups is 1. The standard InChI is InChI=1S/C15H15FN2O2/c1-10-6-8-17-14(13(10)15(19)20)18-9-7-11-2-4-12(16)5-3-11/h2-6,8H,7,9H2,1H3,(H,17,18)(H,19,20). The normalized spacial score (nSPS) is 10.3. The second kappa shape index (κ2) is 6.14. The third kappa shape index (κ3) is 3.32. The first kappa shape index (κ1) is 14.0. The van der Waals surface area contributed by atoms with E-state index in [0.29, 0.717) is 24.3 Å². The fraction of sp³-hybridized carbons (Fsp3) is 0.200. The van der Waals surface area contributed by atoms with Crippen molar-refractivity contribution < 1.29 is 14.3 Å². The number of pyridine rings is 1. The Labute approximate surface area is 116 Å². The van der Waals surface area contributed by atoms with Crippen LogP contribution in [0.25, 0.3) is 0 Å². The Bertz CT molecular complexity index is 612. The second-order valence-electron chi connectivity index (χ2n) is 4.46. The SMILES string of the molecule is Cc1ccnc(NCCc2ccc(F)cc2)c1C(=O)O. The van der Waals surface area contributed by atoms with Crippen LogP contribution in [0.4, 0.5) is 10.2 Å². The zero-order valence-corrected chi connectivity index (χ0v) is 11.1. The number of nitrogens with one attached hydrogen (secondary N) is 1. The molecule has 0 saturated heterocycles. The summed E-state index contributed by atoms with van der Waals surface area (Å²) in [6.45, 7) is 2.26. The third-order valence-electron chi connectivity index (χ3n) is 2.99. The maximum atomic E-state index is 12.8. The highest BCUT2D eigenvalue weighted by Crippen LogP contribution is 2.16. The second-order valence-corrected chi connectivity index (χ2v) is 4.46. The summed E-state index contributed by atoms with van der Waals surface area (Å²) >= 11 is 0. The molecule has 5 heteroatoms. The van der Waals surface area contributed by atoms with Crippen LogP contribution in [-0.2, 0) is 6.42 Å². The zero-order chi connectivity index (χ0) is 14.5. The van der Waals surface area contributed by atoms with E-state index >= 15 is 0 Å². The van der Waals surface area contributed by atoms with Crippen molar-refractivity contribution in [2.45, 2.75) is 13.3 Å². The molecular weight excluding hydrogens is 259 g/mol. The molecule has 0 unspecified atom stereocenters. The summed E-state index contributed by atoms with van der Waals surface area (Å²) in [6.07, 6.45) is 2.23. The van der Waals surface area contributed by atoms with Gasteiger partial charge in [-0.1, -0.05) is 12.1 Å². The van der Waals surface area contributed by atoms with Gasteiger partial charge in [0.25, 0.3) is 0 Å². The van der Waals surface area contributed by atoms with E-state index in [1.165, 1.54) is 12.1 Å². The molecule has 0 aliphatic rings. The topological polar surface area (TPSA) is 62.2 Å². The van der Waals surface area contributed by atoms with Gasteiger partial charge >= 0.3 is 5.97 Å². The van der Waals surface area contributed by atoms with Gasteiger partial charge in [-0.05, 0) is 42.7 Å². The Hall–Kier alpha value is -2.43. The molecule has 1 heterocycles. The van der Waals surface area contributed by atoms with Crippen molar-refractivity contribution in [3.8, 4) is 0 Å². The number of anilines is 1. The summed E-state index contributed by atoms with van der Waals surface area (Å²) in [7, 11) is 0. The van der Waals surface area contributed by atoms with Crippen LogP contribution < -0.4 is 5.32 Å². The molecule has 4 nitrogen and oxygen atoms in total. The Morgan fingerprint density at radius 1 is 1.30 bits per heavy atom. The van der Waals surface area contributed by atoms with Crippen LogP contribution in [0.5, 0.6) is 0 Å². The van der Waals surface area contributed by atoms with Gasteiger partial charge in [0.2, 0.25) is 0 Å². The van der Waals surface area contributed by atoms with Gasteiger partial charge in [0.05, 0.1) is 0 Å². The highest BCUT2D eigenvalue weighted by Gasteiger charge is 2.13. The molecule has 104 valence electrons. The molecule has 0 amide bonds. The molecule has 2 rings (SSSR count). The van der Waals surface area contributed by atoms with Gasteiger partial charge in [0.15, 0.2) is 0 Å². The molecule has 0 aliphatic carbocycles. The van der Waals surface area contributed by atoms with Gasteiger partial charge in [-0.3, -0.25) is 0 Å². The molecule has 0 radical (unpaired) electrons. The van der Waals surface area contributed by atoms with E-state index in [2.05, 4.69) is 10.3 Å². The quantitative estimate of drug-likeness (QED) is 0.880. The number of aryl methyl sites for hydroxylation is 1. The average molecular weight is 274 g/mol. The molecule has 2 aromatic rings. The first-order valence-electron chi connectivity index (χ1n) is 6.25. The zero-order valence-electron chi connectivity index (χ0n) is 11.1. The van der Waals surface area contributed by atoms with E-state index in [1.807, 2.05) is 0 Å². The largest absolute Gasteiger partial charge is 0.478 e. The molecule has 0 fully saturated rings. The average Bonchev–Trinajstić information content (AvgIpc) is 2.40. The number of aromatic nitrogens is 1. The molecular formula is C15H15FN2O2. The molecule has 0 saturated carbocycles. The predicted octanol–water partition coefficient (Wildman–Crippen LogP) is 2.88.